The van der Waals surface area contributed by atoms with Crippen LogP contribution in [-0.2, 0) is 4.79 Å². The maximum atomic E-state index is 13.3. The smallest absolute Gasteiger partial charge is 0.368 e. The van der Waals surface area contributed by atoms with Crippen LogP contribution < -0.4 is 9.64 Å². The largest absolute Gasteiger partial charge is 0.476 e. The van der Waals surface area contributed by atoms with Crippen LogP contribution in [0.3, 0.4) is 0 Å². The molecule has 1 aliphatic heterocycles. The SMILES string of the molecule is CCCC.CSc1cc2c(cc1O/C=C(\F)C(=O)O)SN(C)CCN2CC1CCCC1. The summed E-state index contributed by atoms with van der Waals surface area (Å²) in [5.74, 6) is -1.73. The third kappa shape index (κ3) is 7.91. The predicted octanol–water partition coefficient (Wildman–Crippen LogP) is 6.44. The maximum absolute atomic E-state index is 13.3. The third-order valence-electron chi connectivity index (χ3n) is 5.47. The number of likely N-dealkylation sites (N-methyl/N-ethyl adjacent to an activating group) is 1. The van der Waals surface area contributed by atoms with Gasteiger partial charge in [-0.25, -0.2) is 9.10 Å². The zero-order chi connectivity index (χ0) is 22.8. The van der Waals surface area contributed by atoms with E-state index in [0.29, 0.717) is 12.0 Å². The van der Waals surface area contributed by atoms with Gasteiger partial charge in [0, 0.05) is 19.6 Å². The van der Waals surface area contributed by atoms with Crippen molar-refractivity contribution in [3.63, 3.8) is 0 Å². The molecule has 1 saturated carbocycles. The van der Waals surface area contributed by atoms with Crippen molar-refractivity contribution in [2.24, 2.45) is 5.92 Å². The van der Waals surface area contributed by atoms with Crippen LogP contribution >= 0.6 is 23.7 Å². The zero-order valence-corrected chi connectivity index (χ0v) is 20.7. The molecule has 0 amide bonds. The van der Waals surface area contributed by atoms with Crippen molar-refractivity contribution < 1.29 is 19.0 Å². The minimum atomic E-state index is -1.63. The Bertz CT molecular complexity index is 753. The number of hydrogen-bond acceptors (Lipinski definition) is 6. The zero-order valence-electron chi connectivity index (χ0n) is 19.0. The second-order valence-corrected chi connectivity index (χ2v) is 9.99. The lowest BCUT2D eigenvalue weighted by molar-refractivity contribution is -0.134. The lowest BCUT2D eigenvalue weighted by Gasteiger charge is -2.28. The molecule has 8 heteroatoms. The van der Waals surface area contributed by atoms with E-state index in [1.807, 2.05) is 12.3 Å². The highest BCUT2D eigenvalue weighted by Crippen LogP contribution is 2.43. The lowest BCUT2D eigenvalue weighted by atomic mass is 10.1. The van der Waals surface area contributed by atoms with Gasteiger partial charge in [0.05, 0.1) is 15.5 Å². The van der Waals surface area contributed by atoms with Crippen molar-refractivity contribution in [3.05, 3.63) is 24.2 Å². The first kappa shape index (κ1) is 25.9. The molecule has 1 N–H and O–H groups in total. The minimum Gasteiger partial charge on any atom is -0.476 e. The molecular weight excluding hydrogens is 435 g/mol. The average molecular weight is 471 g/mol. The van der Waals surface area contributed by atoms with Crippen molar-refractivity contribution in [3.8, 4) is 5.75 Å². The van der Waals surface area contributed by atoms with E-state index >= 15 is 0 Å². The number of halogens is 1. The highest BCUT2D eigenvalue weighted by Gasteiger charge is 2.25. The molecule has 1 aliphatic carbocycles. The van der Waals surface area contributed by atoms with Gasteiger partial charge in [0.25, 0.3) is 0 Å². The Morgan fingerprint density at radius 2 is 1.97 bits per heavy atom. The third-order valence-corrected chi connectivity index (χ3v) is 7.25. The Morgan fingerprint density at radius 3 is 2.55 bits per heavy atom. The topological polar surface area (TPSA) is 53.0 Å². The number of nitrogens with zero attached hydrogens (tertiary/aromatic N) is 2. The molecule has 0 saturated heterocycles. The van der Waals surface area contributed by atoms with E-state index in [9.17, 15) is 9.18 Å². The first-order valence-corrected chi connectivity index (χ1v) is 13.0. The van der Waals surface area contributed by atoms with Gasteiger partial charge in [-0.3, -0.25) is 0 Å². The van der Waals surface area contributed by atoms with Gasteiger partial charge in [0.15, 0.2) is 0 Å². The Balaban J connectivity index is 0.000000785. The van der Waals surface area contributed by atoms with E-state index < -0.39 is 11.8 Å². The molecule has 3 rings (SSSR count). The van der Waals surface area contributed by atoms with Gasteiger partial charge in [-0.1, -0.05) is 39.5 Å². The monoisotopic (exact) mass is 470 g/mol. The van der Waals surface area contributed by atoms with Crippen LogP contribution in [0.25, 0.3) is 0 Å². The molecule has 1 fully saturated rings. The Labute approximate surface area is 194 Å². The van der Waals surface area contributed by atoms with Gasteiger partial charge >= 0.3 is 5.97 Å². The summed E-state index contributed by atoms with van der Waals surface area (Å²) < 4.78 is 20.9. The number of carboxylic acid groups (broad SMARTS) is 1. The van der Waals surface area contributed by atoms with E-state index in [0.717, 1.165) is 35.3 Å². The van der Waals surface area contributed by atoms with E-state index in [2.05, 4.69) is 36.2 Å². The van der Waals surface area contributed by atoms with E-state index in [1.165, 1.54) is 56.0 Å². The summed E-state index contributed by atoms with van der Waals surface area (Å²) >= 11 is 3.15. The van der Waals surface area contributed by atoms with Gasteiger partial charge in [-0.2, -0.15) is 4.39 Å². The summed E-state index contributed by atoms with van der Waals surface area (Å²) in [5.41, 5.74) is 1.18. The van der Waals surface area contributed by atoms with Crippen LogP contribution in [0.4, 0.5) is 10.1 Å². The molecule has 1 aromatic rings. The van der Waals surface area contributed by atoms with Crippen LogP contribution in [0.1, 0.15) is 52.4 Å². The number of fused-ring (bicyclic) bond motifs is 1. The number of thioether (sulfide) groups is 1. The molecule has 1 heterocycles. The molecule has 5 nitrogen and oxygen atoms in total. The van der Waals surface area contributed by atoms with Gasteiger partial charge in [0.1, 0.15) is 12.0 Å². The number of anilines is 1. The Hall–Kier alpha value is -1.38. The van der Waals surface area contributed by atoms with Gasteiger partial charge < -0.3 is 14.7 Å². The van der Waals surface area contributed by atoms with Crippen LogP contribution in [0.5, 0.6) is 5.75 Å². The molecular formula is C23H35FN2O3S2. The van der Waals surface area contributed by atoms with Crippen molar-refractivity contribution in [1.29, 1.82) is 0 Å². The quantitative estimate of drug-likeness (QED) is 0.213. The molecule has 0 spiro atoms. The second-order valence-electron chi connectivity index (χ2n) is 7.90. The molecule has 31 heavy (non-hydrogen) atoms. The van der Waals surface area contributed by atoms with Gasteiger partial charge in [-0.05, 0) is 56.1 Å². The van der Waals surface area contributed by atoms with Gasteiger partial charge in [-0.15, -0.1) is 11.8 Å². The highest BCUT2D eigenvalue weighted by molar-refractivity contribution is 7.98. The number of benzene rings is 1. The molecule has 0 radical (unpaired) electrons. The maximum Gasteiger partial charge on any atom is 0.368 e. The number of carbonyl (C=O) groups is 1. The fourth-order valence-electron chi connectivity index (χ4n) is 3.56. The van der Waals surface area contributed by atoms with E-state index in [1.54, 1.807) is 11.9 Å². The predicted molar refractivity (Wildman–Crippen MR) is 129 cm³/mol. The number of unbranched alkanes of at least 4 members (excludes halogenated alkanes) is 1. The number of ether oxygens (including phenoxy) is 1. The van der Waals surface area contributed by atoms with Crippen LogP contribution in [0.15, 0.2) is 34.0 Å². The highest BCUT2D eigenvalue weighted by atomic mass is 32.2. The molecule has 0 unspecified atom stereocenters. The van der Waals surface area contributed by atoms with Crippen molar-refractivity contribution >= 4 is 35.4 Å². The molecule has 2 aliphatic rings. The Kier molecular flexibility index (Phi) is 11.0. The number of rotatable bonds is 7. The molecule has 0 aromatic heterocycles. The van der Waals surface area contributed by atoms with E-state index in [4.69, 9.17) is 9.84 Å². The summed E-state index contributed by atoms with van der Waals surface area (Å²) in [6.45, 7) is 7.34. The number of hydrogen-bond donors (Lipinski definition) is 1. The summed E-state index contributed by atoms with van der Waals surface area (Å²) in [6.07, 6.45) is 10.5. The van der Waals surface area contributed by atoms with Crippen molar-refractivity contribution in [2.45, 2.75) is 62.2 Å². The summed E-state index contributed by atoms with van der Waals surface area (Å²) in [7, 11) is 2.06. The fraction of sp³-hybridized carbons (Fsp3) is 0.609. The van der Waals surface area contributed by atoms with Crippen molar-refractivity contribution in [2.75, 3.05) is 37.8 Å². The number of aliphatic carboxylic acids is 1. The molecule has 174 valence electrons. The summed E-state index contributed by atoms with van der Waals surface area (Å²) in [5, 5.41) is 8.67. The standard InChI is InChI=1S/C19H25FN2O3S2.C4H10/c1-21-7-8-22(11-13-5-3-4-6-13)15-9-18(26-2)16(10-17(15)27-21)25-12-14(20)19(23)24;1-3-4-2/h9-10,12-13H,3-8,11H2,1-2H3,(H,23,24);3-4H2,1-2H3/b14-12-;. The first-order valence-electron chi connectivity index (χ1n) is 11.0. The average Bonchev–Trinajstić information content (AvgIpc) is 3.22. The lowest BCUT2D eigenvalue weighted by Crippen LogP contribution is -2.32. The molecule has 0 bridgehead atoms. The molecule has 0 atom stereocenters. The first-order chi connectivity index (χ1) is 14.9. The Morgan fingerprint density at radius 1 is 1.29 bits per heavy atom. The summed E-state index contributed by atoms with van der Waals surface area (Å²) in [4.78, 5) is 15.0. The second kappa shape index (κ2) is 13.2. The molecule has 1 aromatic carbocycles. The van der Waals surface area contributed by atoms with Crippen LogP contribution in [-0.4, -0.2) is 48.3 Å². The van der Waals surface area contributed by atoms with Gasteiger partial charge in [0.2, 0.25) is 5.83 Å². The fourth-order valence-corrected chi connectivity index (χ4v) is 5.05. The van der Waals surface area contributed by atoms with Crippen molar-refractivity contribution in [1.82, 2.24) is 4.31 Å². The summed E-state index contributed by atoms with van der Waals surface area (Å²) in [6, 6.07) is 3.98. The number of carboxylic acids is 1. The minimum absolute atomic E-state index is 0.473. The van der Waals surface area contributed by atoms with Crippen LogP contribution in [0, 0.1) is 5.92 Å². The van der Waals surface area contributed by atoms with Crippen LogP contribution in [0.2, 0.25) is 0 Å². The normalized spacial score (nSPS) is 17.6. The van der Waals surface area contributed by atoms with E-state index in [-0.39, 0.29) is 0 Å².